The highest BCUT2D eigenvalue weighted by Crippen LogP contribution is 2.24. The van der Waals surface area contributed by atoms with Crippen LogP contribution in [0.25, 0.3) is 0 Å². The Balaban J connectivity index is 2.19. The van der Waals surface area contributed by atoms with Gasteiger partial charge in [-0.3, -0.25) is 5.41 Å². The third-order valence-electron chi connectivity index (χ3n) is 3.21. The highest BCUT2D eigenvalue weighted by Gasteiger charge is 2.14. The van der Waals surface area contributed by atoms with Gasteiger partial charge in [0.05, 0.1) is 18.4 Å². The van der Waals surface area contributed by atoms with E-state index in [0.29, 0.717) is 10.7 Å². The van der Waals surface area contributed by atoms with Crippen molar-refractivity contribution >= 4 is 23.3 Å². The number of nitrogens with two attached hydrogens (primary N) is 1. The quantitative estimate of drug-likeness (QED) is 0.670. The molecule has 1 unspecified atom stereocenters. The molecule has 1 aromatic heterocycles. The van der Waals surface area contributed by atoms with E-state index in [1.54, 1.807) is 6.20 Å². The molecule has 2 rings (SSSR count). The van der Waals surface area contributed by atoms with Gasteiger partial charge in [-0.1, -0.05) is 23.7 Å². The molecular formula is C14H16ClN5. The average Bonchev–Trinajstić information content (AvgIpc) is 2.46. The lowest BCUT2D eigenvalue weighted by atomic mass is 10.1. The predicted octanol–water partition coefficient (Wildman–Crippen LogP) is 2.61. The van der Waals surface area contributed by atoms with Gasteiger partial charge in [-0.25, -0.2) is 9.97 Å². The van der Waals surface area contributed by atoms with Crippen molar-refractivity contribution in [3.63, 3.8) is 0 Å². The van der Waals surface area contributed by atoms with Gasteiger partial charge >= 0.3 is 0 Å². The average molecular weight is 290 g/mol. The lowest BCUT2D eigenvalue weighted by molar-refractivity contribution is 0.726. The number of aromatic nitrogens is 2. The number of nitrogen functional groups attached to an aromatic ring is 1. The summed E-state index contributed by atoms with van der Waals surface area (Å²) in [7, 11) is 1.94. The van der Waals surface area contributed by atoms with E-state index >= 15 is 0 Å². The topological polar surface area (TPSA) is 78.9 Å². The summed E-state index contributed by atoms with van der Waals surface area (Å²) in [5.74, 6) is 0.634. The molecule has 0 aliphatic heterocycles. The van der Waals surface area contributed by atoms with Gasteiger partial charge in [0.25, 0.3) is 0 Å². The third-order valence-corrected chi connectivity index (χ3v) is 3.46. The maximum Gasteiger partial charge on any atom is 0.147 e. The van der Waals surface area contributed by atoms with Gasteiger partial charge in [-0.2, -0.15) is 0 Å². The van der Waals surface area contributed by atoms with E-state index in [-0.39, 0.29) is 11.9 Å². The van der Waals surface area contributed by atoms with Crippen LogP contribution in [-0.2, 0) is 0 Å². The third kappa shape index (κ3) is 3.05. The molecule has 0 aliphatic carbocycles. The second kappa shape index (κ2) is 5.88. The lowest BCUT2D eigenvalue weighted by Crippen LogP contribution is -2.23. The molecule has 1 heterocycles. The molecule has 0 spiro atoms. The standard InChI is InChI=1S/C14H16ClN5/c1-9(10-3-5-11(15)6-4-10)20(2)13-8-18-12(7-19-13)14(16)17/h3-9H,1-2H3,(H3,16,17). The van der Waals surface area contributed by atoms with Crippen molar-refractivity contribution in [1.82, 2.24) is 9.97 Å². The predicted molar refractivity (Wildman–Crippen MR) is 81.3 cm³/mol. The Morgan fingerprint density at radius 1 is 1.25 bits per heavy atom. The summed E-state index contributed by atoms with van der Waals surface area (Å²) in [4.78, 5) is 10.4. The smallest absolute Gasteiger partial charge is 0.147 e. The van der Waals surface area contributed by atoms with Crippen molar-refractivity contribution in [3.05, 3.63) is 52.9 Å². The number of rotatable bonds is 4. The van der Waals surface area contributed by atoms with Crippen molar-refractivity contribution in [2.24, 2.45) is 5.73 Å². The summed E-state index contributed by atoms with van der Waals surface area (Å²) in [5.41, 5.74) is 6.87. The van der Waals surface area contributed by atoms with Crippen LogP contribution < -0.4 is 10.6 Å². The number of anilines is 1. The van der Waals surface area contributed by atoms with Crippen LogP contribution in [0.4, 0.5) is 5.82 Å². The molecule has 104 valence electrons. The van der Waals surface area contributed by atoms with E-state index in [2.05, 4.69) is 16.9 Å². The first-order chi connectivity index (χ1) is 9.49. The van der Waals surface area contributed by atoms with Gasteiger partial charge in [0, 0.05) is 12.1 Å². The molecule has 5 nitrogen and oxygen atoms in total. The van der Waals surface area contributed by atoms with Crippen LogP contribution in [0.2, 0.25) is 5.02 Å². The summed E-state index contributed by atoms with van der Waals surface area (Å²) in [5, 5.41) is 8.02. The number of nitrogens with zero attached hydrogens (tertiary/aromatic N) is 3. The van der Waals surface area contributed by atoms with Crippen LogP contribution in [-0.4, -0.2) is 22.9 Å². The molecule has 0 saturated heterocycles. The number of hydrogen-bond acceptors (Lipinski definition) is 4. The number of amidine groups is 1. The van der Waals surface area contributed by atoms with E-state index < -0.39 is 0 Å². The molecule has 0 bridgehead atoms. The Morgan fingerprint density at radius 2 is 1.90 bits per heavy atom. The van der Waals surface area contributed by atoms with Crippen LogP contribution in [0, 0.1) is 5.41 Å². The van der Waals surface area contributed by atoms with Crippen LogP contribution in [0.3, 0.4) is 0 Å². The second-order valence-electron chi connectivity index (χ2n) is 4.51. The fourth-order valence-electron chi connectivity index (χ4n) is 1.81. The highest BCUT2D eigenvalue weighted by atomic mass is 35.5. The molecular weight excluding hydrogens is 274 g/mol. The molecule has 0 radical (unpaired) electrons. The SMILES string of the molecule is CC(c1ccc(Cl)cc1)N(C)c1cnc(C(=N)N)cn1. The molecule has 0 fully saturated rings. The van der Waals surface area contributed by atoms with Crippen LogP contribution in [0.1, 0.15) is 24.2 Å². The van der Waals surface area contributed by atoms with Crippen molar-refractivity contribution in [1.29, 1.82) is 5.41 Å². The first kappa shape index (κ1) is 14.3. The number of benzene rings is 1. The maximum atomic E-state index is 7.30. The zero-order valence-corrected chi connectivity index (χ0v) is 12.1. The lowest BCUT2D eigenvalue weighted by Gasteiger charge is -2.26. The molecule has 2 aromatic rings. The molecule has 0 amide bonds. The summed E-state index contributed by atoms with van der Waals surface area (Å²) in [6, 6.07) is 7.84. The van der Waals surface area contributed by atoms with E-state index in [1.165, 1.54) is 6.20 Å². The molecule has 0 aliphatic rings. The number of halogens is 1. The number of hydrogen-bond donors (Lipinski definition) is 2. The highest BCUT2D eigenvalue weighted by molar-refractivity contribution is 6.30. The van der Waals surface area contributed by atoms with Gasteiger partial charge in [-0.15, -0.1) is 0 Å². The summed E-state index contributed by atoms with van der Waals surface area (Å²) in [6.45, 7) is 2.07. The van der Waals surface area contributed by atoms with Gasteiger partial charge in [0.15, 0.2) is 0 Å². The first-order valence-corrected chi connectivity index (χ1v) is 6.51. The van der Waals surface area contributed by atoms with Crippen molar-refractivity contribution < 1.29 is 0 Å². The normalized spacial score (nSPS) is 11.9. The van der Waals surface area contributed by atoms with Gasteiger partial charge < -0.3 is 10.6 Å². The van der Waals surface area contributed by atoms with Gasteiger partial charge in [-0.05, 0) is 24.6 Å². The Kier molecular flexibility index (Phi) is 4.20. The van der Waals surface area contributed by atoms with E-state index in [9.17, 15) is 0 Å². The van der Waals surface area contributed by atoms with Crippen molar-refractivity contribution in [3.8, 4) is 0 Å². The fraction of sp³-hybridized carbons (Fsp3) is 0.214. The summed E-state index contributed by atoms with van der Waals surface area (Å²) in [6.07, 6.45) is 3.12. The summed E-state index contributed by atoms with van der Waals surface area (Å²) < 4.78 is 0. The molecule has 1 atom stereocenters. The van der Waals surface area contributed by atoms with Crippen LogP contribution in [0.15, 0.2) is 36.7 Å². The summed E-state index contributed by atoms with van der Waals surface area (Å²) >= 11 is 5.89. The van der Waals surface area contributed by atoms with Gasteiger partial charge in [0.2, 0.25) is 0 Å². The fourth-order valence-corrected chi connectivity index (χ4v) is 1.93. The molecule has 0 saturated carbocycles. The Hall–Kier alpha value is -2.14. The van der Waals surface area contributed by atoms with E-state index in [0.717, 1.165) is 11.4 Å². The van der Waals surface area contributed by atoms with E-state index in [1.807, 2.05) is 36.2 Å². The molecule has 20 heavy (non-hydrogen) atoms. The Labute approximate surface area is 122 Å². The van der Waals surface area contributed by atoms with E-state index in [4.69, 9.17) is 22.7 Å². The molecule has 1 aromatic carbocycles. The zero-order chi connectivity index (χ0) is 14.7. The first-order valence-electron chi connectivity index (χ1n) is 6.14. The monoisotopic (exact) mass is 289 g/mol. The van der Waals surface area contributed by atoms with Crippen molar-refractivity contribution in [2.45, 2.75) is 13.0 Å². The minimum atomic E-state index is -0.0857. The van der Waals surface area contributed by atoms with Crippen molar-refractivity contribution in [2.75, 3.05) is 11.9 Å². The largest absolute Gasteiger partial charge is 0.382 e. The van der Waals surface area contributed by atoms with Crippen LogP contribution in [0.5, 0.6) is 0 Å². The minimum Gasteiger partial charge on any atom is -0.382 e. The maximum absolute atomic E-state index is 7.30. The molecule has 6 heteroatoms. The van der Waals surface area contributed by atoms with Gasteiger partial charge in [0.1, 0.15) is 17.3 Å². The minimum absolute atomic E-state index is 0.0857. The number of nitrogens with one attached hydrogen (secondary N) is 1. The molecule has 3 N–H and O–H groups in total. The second-order valence-corrected chi connectivity index (χ2v) is 4.95. The Bertz CT molecular complexity index is 594. The van der Waals surface area contributed by atoms with Crippen LogP contribution >= 0.6 is 11.6 Å². The Morgan fingerprint density at radius 3 is 2.40 bits per heavy atom. The zero-order valence-electron chi connectivity index (χ0n) is 11.3.